The second kappa shape index (κ2) is 15.7. The Hall–Kier alpha value is -3.42. The number of hydrogen-bond donors (Lipinski definition) is 1. The van der Waals surface area contributed by atoms with Crippen molar-refractivity contribution in [2.24, 2.45) is 0 Å². The number of aryl methyl sites for hydroxylation is 1. The van der Waals surface area contributed by atoms with Crippen molar-refractivity contribution in [3.8, 4) is 0 Å². The van der Waals surface area contributed by atoms with Crippen LogP contribution >= 0.6 is 19.7 Å². The third-order valence-electron chi connectivity index (χ3n) is 13.8. The molecule has 3 aliphatic carbocycles. The molecular formula is C57H70NPS. The molecule has 3 heteroatoms. The second-order valence-corrected chi connectivity index (χ2v) is 25.8. The minimum atomic E-state index is -1.03. The van der Waals surface area contributed by atoms with Crippen LogP contribution in [0.3, 0.4) is 0 Å². The van der Waals surface area contributed by atoms with Gasteiger partial charge in [-0.05, 0) is 134 Å². The maximum Gasteiger partial charge on any atom is 0.0873 e. The molecule has 5 aromatic carbocycles. The Labute approximate surface area is 369 Å². The fourth-order valence-corrected chi connectivity index (χ4v) is 14.4. The van der Waals surface area contributed by atoms with Crippen LogP contribution in [0.4, 0.5) is 0 Å². The monoisotopic (exact) mass is 831 g/mol. The van der Waals surface area contributed by atoms with Gasteiger partial charge in [0.05, 0.1) is 5.28 Å². The van der Waals surface area contributed by atoms with E-state index in [9.17, 15) is 0 Å². The summed E-state index contributed by atoms with van der Waals surface area (Å²) in [5.41, 5.74) is 12.3. The molecule has 0 heterocycles. The molecule has 0 aliphatic heterocycles. The van der Waals surface area contributed by atoms with Crippen LogP contribution < -0.4 is 15.9 Å². The van der Waals surface area contributed by atoms with Gasteiger partial charge in [0.2, 0.25) is 0 Å². The Morgan fingerprint density at radius 2 is 1.12 bits per heavy atom. The molecule has 0 amide bonds. The van der Waals surface area contributed by atoms with Crippen LogP contribution in [0.25, 0.3) is 10.8 Å². The Balaban J connectivity index is 1.39. The van der Waals surface area contributed by atoms with Crippen molar-refractivity contribution in [1.82, 2.24) is 5.32 Å². The van der Waals surface area contributed by atoms with E-state index >= 15 is 0 Å². The van der Waals surface area contributed by atoms with Gasteiger partial charge >= 0.3 is 0 Å². The first kappa shape index (κ1) is 43.2. The largest absolute Gasteiger partial charge is 0.300 e. The van der Waals surface area contributed by atoms with Gasteiger partial charge in [0.25, 0.3) is 0 Å². The van der Waals surface area contributed by atoms with Crippen molar-refractivity contribution in [3.63, 3.8) is 0 Å². The average molecular weight is 832 g/mol. The first-order chi connectivity index (χ1) is 28.2. The van der Waals surface area contributed by atoms with E-state index in [1.165, 1.54) is 67.8 Å². The number of fused-ring (bicyclic) bond motifs is 4. The van der Waals surface area contributed by atoms with Gasteiger partial charge in [-0.25, -0.2) is 0 Å². The molecule has 8 rings (SSSR count). The van der Waals surface area contributed by atoms with Gasteiger partial charge in [0, 0.05) is 22.6 Å². The predicted octanol–water partition coefficient (Wildman–Crippen LogP) is 14.5. The summed E-state index contributed by atoms with van der Waals surface area (Å²) >= 11 is 1.99. The summed E-state index contributed by atoms with van der Waals surface area (Å²) in [6.45, 7) is 29.7. The summed E-state index contributed by atoms with van der Waals surface area (Å²) in [7, 11) is -1.03. The van der Waals surface area contributed by atoms with Crippen LogP contribution in [-0.4, -0.2) is 17.6 Å². The van der Waals surface area contributed by atoms with Crippen molar-refractivity contribution in [1.29, 1.82) is 0 Å². The van der Waals surface area contributed by atoms with Crippen LogP contribution in [0.5, 0.6) is 0 Å². The highest BCUT2D eigenvalue weighted by atomic mass is 32.2. The summed E-state index contributed by atoms with van der Waals surface area (Å²) in [6.07, 6.45) is 11.1. The molecule has 0 fully saturated rings. The van der Waals surface area contributed by atoms with Gasteiger partial charge in [-0.1, -0.05) is 192 Å². The molecule has 1 spiro atoms. The lowest BCUT2D eigenvalue weighted by Gasteiger charge is -2.50. The minimum absolute atomic E-state index is 0.00371. The highest BCUT2D eigenvalue weighted by molar-refractivity contribution is 7.99. The highest BCUT2D eigenvalue weighted by Crippen LogP contribution is 2.65. The molecule has 0 saturated carbocycles. The van der Waals surface area contributed by atoms with Crippen molar-refractivity contribution in [2.45, 2.75) is 152 Å². The molecule has 0 radical (unpaired) electrons. The van der Waals surface area contributed by atoms with Gasteiger partial charge < -0.3 is 0 Å². The number of nitrogens with one attached hydrogen (secondary N) is 1. The summed E-state index contributed by atoms with van der Waals surface area (Å²) in [4.78, 5) is 1.34. The summed E-state index contributed by atoms with van der Waals surface area (Å²) in [5.74, 6) is 0.994. The van der Waals surface area contributed by atoms with Gasteiger partial charge in [-0.2, -0.15) is 0 Å². The fraction of sp³-hybridized carbons (Fsp3) is 0.439. The van der Waals surface area contributed by atoms with Crippen LogP contribution in [0.1, 0.15) is 142 Å². The first-order valence-electron chi connectivity index (χ1n) is 22.7. The zero-order valence-corrected chi connectivity index (χ0v) is 40.5. The molecule has 1 nitrogen and oxygen atoms in total. The van der Waals surface area contributed by atoms with Crippen LogP contribution in [-0.2, 0) is 33.5 Å². The fourth-order valence-electron chi connectivity index (χ4n) is 10.3. The molecule has 1 N–H and O–H groups in total. The zero-order chi connectivity index (χ0) is 42.9. The number of allylic oxidation sites excluding steroid dienone is 2. The van der Waals surface area contributed by atoms with E-state index in [0.717, 1.165) is 25.1 Å². The second-order valence-electron chi connectivity index (χ2n) is 22.2. The summed E-state index contributed by atoms with van der Waals surface area (Å²) in [5, 5.41) is 9.82. The van der Waals surface area contributed by atoms with Gasteiger partial charge in [-0.3, -0.25) is 5.32 Å². The van der Waals surface area contributed by atoms with Crippen molar-refractivity contribution in [3.05, 3.63) is 160 Å². The van der Waals surface area contributed by atoms with E-state index in [4.69, 9.17) is 0 Å². The van der Waals surface area contributed by atoms with Crippen molar-refractivity contribution < 1.29 is 0 Å². The standard InChI is InChI=1S/C57H70NPS/c1-52(2,3)43-33-44(53(4,5)6)36-47(35-43)59(48-37-45(54(7,8)9)34-46(38-48)55(10,11)12)57(58-30-31-60-49-24-23-39-18-13-14-20-42(39)32-49)27-17-21-41-26-29-56(51(41)57)28-25-40-19-15-16-22-50(40)56/h13-20,22-24,27,32-38,58H,21,25-26,28-31H2,1-12H3. The van der Waals surface area contributed by atoms with Crippen LogP contribution in [0.15, 0.2) is 131 Å². The molecule has 2 unspecified atom stereocenters. The van der Waals surface area contributed by atoms with Crippen LogP contribution in [0.2, 0.25) is 0 Å². The van der Waals surface area contributed by atoms with E-state index in [1.54, 1.807) is 22.3 Å². The Morgan fingerprint density at radius 3 is 1.70 bits per heavy atom. The number of benzene rings is 5. The molecule has 0 aromatic heterocycles. The number of hydrogen-bond acceptors (Lipinski definition) is 2. The topological polar surface area (TPSA) is 12.0 Å². The van der Waals surface area contributed by atoms with Gasteiger partial charge in [0.1, 0.15) is 0 Å². The molecule has 314 valence electrons. The maximum absolute atomic E-state index is 4.59. The normalized spacial score (nSPS) is 20.8. The average Bonchev–Trinajstić information content (AvgIpc) is 3.76. The van der Waals surface area contributed by atoms with Crippen molar-refractivity contribution >= 4 is 41.1 Å². The Morgan fingerprint density at radius 1 is 0.583 bits per heavy atom. The Bertz CT molecular complexity index is 2340. The predicted molar refractivity (Wildman–Crippen MR) is 266 cm³/mol. The SMILES string of the molecule is CC(C)(C)c1cc(P(c2cc(C(C)(C)C)cc(C(C)(C)C)c2)C2(NCCSc3ccc4ccccc4c3)C=CCC3=C2C2(CC3)CCc3ccccc32)cc(C(C)(C)C)c1. The summed E-state index contributed by atoms with van der Waals surface area (Å²) < 4.78 is 0. The third kappa shape index (κ3) is 8.16. The zero-order valence-electron chi connectivity index (χ0n) is 38.8. The maximum atomic E-state index is 4.59. The quantitative estimate of drug-likeness (QED) is 0.0723. The lowest BCUT2D eigenvalue weighted by molar-refractivity contribution is 0.444. The van der Waals surface area contributed by atoms with Crippen molar-refractivity contribution in [2.75, 3.05) is 12.3 Å². The highest BCUT2D eigenvalue weighted by Gasteiger charge is 2.57. The van der Waals surface area contributed by atoms with E-state index < -0.39 is 7.92 Å². The van der Waals surface area contributed by atoms with E-state index in [2.05, 4.69) is 204 Å². The molecule has 2 atom stereocenters. The van der Waals surface area contributed by atoms with Crippen LogP contribution in [0, 0.1) is 0 Å². The molecular weight excluding hydrogens is 762 g/mol. The minimum Gasteiger partial charge on any atom is -0.300 e. The Kier molecular flexibility index (Phi) is 11.3. The van der Waals surface area contributed by atoms with E-state index in [-0.39, 0.29) is 32.4 Å². The summed E-state index contributed by atoms with van der Waals surface area (Å²) in [6, 6.07) is 40.8. The number of thioether (sulfide) groups is 1. The van der Waals surface area contributed by atoms with Gasteiger partial charge in [-0.15, -0.1) is 11.8 Å². The molecule has 0 saturated heterocycles. The first-order valence-corrected chi connectivity index (χ1v) is 25.0. The molecule has 3 aliphatic rings. The third-order valence-corrected chi connectivity index (χ3v) is 17.6. The molecule has 60 heavy (non-hydrogen) atoms. The number of rotatable bonds is 8. The molecule has 0 bridgehead atoms. The lowest BCUT2D eigenvalue weighted by Crippen LogP contribution is -2.53. The van der Waals surface area contributed by atoms with E-state index in [0.29, 0.717) is 0 Å². The van der Waals surface area contributed by atoms with Gasteiger partial charge in [0.15, 0.2) is 0 Å². The lowest BCUT2D eigenvalue weighted by atomic mass is 9.71. The smallest absolute Gasteiger partial charge is 0.0873 e. The molecule has 5 aromatic rings. The van der Waals surface area contributed by atoms with E-state index in [1.807, 2.05) is 11.8 Å².